The molecule has 0 aliphatic heterocycles. The number of carboxylic acids is 1. The molecule has 4 nitrogen and oxygen atoms in total. The summed E-state index contributed by atoms with van der Waals surface area (Å²) in [5.74, 6) is 4.45. The average molecular weight is 146 g/mol. The largest absolute Gasteiger partial charge is 0.480 e. The van der Waals surface area contributed by atoms with Gasteiger partial charge in [-0.1, -0.05) is 13.8 Å². The number of likely N-dealkylation sites (N-methyl/N-ethyl adjacent to an activating group) is 1. The lowest BCUT2D eigenvalue weighted by Crippen LogP contribution is -2.46. The maximum absolute atomic E-state index is 10.5. The molecule has 0 spiro atoms. The van der Waals surface area contributed by atoms with Gasteiger partial charge in [-0.2, -0.15) is 0 Å². The smallest absolute Gasteiger partial charge is 0.322 e. The first-order valence-electron chi connectivity index (χ1n) is 3.17. The zero-order valence-corrected chi connectivity index (χ0v) is 6.53. The van der Waals surface area contributed by atoms with E-state index in [0.717, 1.165) is 0 Å². The number of carboxylic acid groups (broad SMARTS) is 1. The minimum Gasteiger partial charge on any atom is -0.480 e. The average Bonchev–Trinajstić information content (AvgIpc) is 1.59. The molecule has 0 rings (SSSR count). The number of carbonyl (C=O) groups is 1. The monoisotopic (exact) mass is 146 g/mol. The van der Waals surface area contributed by atoms with Gasteiger partial charge in [0.2, 0.25) is 0 Å². The molecule has 60 valence electrons. The van der Waals surface area contributed by atoms with Crippen LogP contribution in [0.4, 0.5) is 0 Å². The lowest BCUT2D eigenvalue weighted by Gasteiger charge is -2.22. The van der Waals surface area contributed by atoms with Crippen molar-refractivity contribution in [3.63, 3.8) is 0 Å². The van der Waals surface area contributed by atoms with Crippen molar-refractivity contribution in [2.24, 2.45) is 11.8 Å². The Kier molecular flexibility index (Phi) is 3.32. The molecule has 10 heavy (non-hydrogen) atoms. The number of hydrogen-bond acceptors (Lipinski definition) is 3. The molecule has 0 bridgehead atoms. The van der Waals surface area contributed by atoms with Crippen LogP contribution in [0.1, 0.15) is 13.8 Å². The Labute approximate surface area is 60.6 Å². The van der Waals surface area contributed by atoms with Gasteiger partial charge in [0.1, 0.15) is 6.04 Å². The summed E-state index contributed by atoms with van der Waals surface area (Å²) in [6, 6.07) is -0.583. The number of hydrazine groups is 1. The molecule has 0 aromatic carbocycles. The van der Waals surface area contributed by atoms with Crippen LogP contribution in [-0.2, 0) is 4.79 Å². The summed E-state index contributed by atoms with van der Waals surface area (Å²) in [5.41, 5.74) is 0. The van der Waals surface area contributed by atoms with Crippen molar-refractivity contribution in [1.82, 2.24) is 5.01 Å². The van der Waals surface area contributed by atoms with Gasteiger partial charge < -0.3 is 5.11 Å². The molecule has 0 aliphatic carbocycles. The first-order valence-corrected chi connectivity index (χ1v) is 3.17. The molecule has 0 aromatic rings. The molecule has 0 fully saturated rings. The Morgan fingerprint density at radius 2 is 2.00 bits per heavy atom. The normalized spacial score (nSPS) is 14.2. The Bertz CT molecular complexity index is 115. The Morgan fingerprint density at radius 3 is 2.00 bits per heavy atom. The molecule has 0 heterocycles. The Balaban J connectivity index is 4.12. The van der Waals surface area contributed by atoms with Crippen molar-refractivity contribution < 1.29 is 9.90 Å². The van der Waals surface area contributed by atoms with Crippen molar-refractivity contribution in [2.45, 2.75) is 19.9 Å². The quantitative estimate of drug-likeness (QED) is 0.431. The van der Waals surface area contributed by atoms with E-state index in [2.05, 4.69) is 0 Å². The second kappa shape index (κ2) is 3.53. The van der Waals surface area contributed by atoms with Gasteiger partial charge in [-0.05, 0) is 5.92 Å². The maximum Gasteiger partial charge on any atom is 0.322 e. The fraction of sp³-hybridized carbons (Fsp3) is 0.833. The van der Waals surface area contributed by atoms with E-state index in [1.807, 2.05) is 13.8 Å². The molecule has 0 amide bonds. The first kappa shape index (κ1) is 9.39. The van der Waals surface area contributed by atoms with Crippen LogP contribution >= 0.6 is 0 Å². The summed E-state index contributed by atoms with van der Waals surface area (Å²) in [5, 5.41) is 9.81. The number of hydrogen-bond donors (Lipinski definition) is 2. The highest BCUT2D eigenvalue weighted by atomic mass is 16.4. The van der Waals surface area contributed by atoms with E-state index in [0.29, 0.717) is 0 Å². The second-order valence-corrected chi connectivity index (χ2v) is 2.69. The maximum atomic E-state index is 10.5. The molecule has 0 aromatic heterocycles. The molecule has 1 unspecified atom stereocenters. The summed E-state index contributed by atoms with van der Waals surface area (Å²) < 4.78 is 0. The van der Waals surface area contributed by atoms with Gasteiger partial charge in [0, 0.05) is 7.05 Å². The highest BCUT2D eigenvalue weighted by Crippen LogP contribution is 2.05. The van der Waals surface area contributed by atoms with Gasteiger partial charge in [0.05, 0.1) is 0 Å². The molecule has 0 radical (unpaired) electrons. The van der Waals surface area contributed by atoms with Crippen molar-refractivity contribution in [3.05, 3.63) is 0 Å². The van der Waals surface area contributed by atoms with Crippen LogP contribution in [0.2, 0.25) is 0 Å². The molecular formula is C6H14N2O2. The third-order valence-corrected chi connectivity index (χ3v) is 1.32. The van der Waals surface area contributed by atoms with Gasteiger partial charge in [-0.25, -0.2) is 5.01 Å². The van der Waals surface area contributed by atoms with Crippen molar-refractivity contribution >= 4 is 5.97 Å². The second-order valence-electron chi connectivity index (χ2n) is 2.69. The van der Waals surface area contributed by atoms with Crippen LogP contribution in [0.25, 0.3) is 0 Å². The molecular weight excluding hydrogens is 132 g/mol. The lowest BCUT2D eigenvalue weighted by molar-refractivity contribution is -0.144. The Morgan fingerprint density at radius 1 is 1.60 bits per heavy atom. The standard InChI is InChI=1S/C6H14N2O2/c1-4(2)5(6(9)10)8(3)7/h4-5H,7H2,1-3H3,(H,9,10). The fourth-order valence-electron chi connectivity index (χ4n) is 0.930. The summed E-state index contributed by atoms with van der Waals surface area (Å²) in [6.07, 6.45) is 0. The van der Waals surface area contributed by atoms with Gasteiger partial charge >= 0.3 is 5.97 Å². The van der Waals surface area contributed by atoms with Crippen molar-refractivity contribution in [3.8, 4) is 0 Å². The van der Waals surface area contributed by atoms with Crippen LogP contribution in [0.3, 0.4) is 0 Å². The van der Waals surface area contributed by atoms with E-state index in [1.165, 1.54) is 5.01 Å². The van der Waals surface area contributed by atoms with E-state index in [4.69, 9.17) is 10.9 Å². The highest BCUT2D eigenvalue weighted by molar-refractivity contribution is 5.73. The fourth-order valence-corrected chi connectivity index (χ4v) is 0.930. The number of rotatable bonds is 3. The van der Waals surface area contributed by atoms with Crippen LogP contribution in [0.15, 0.2) is 0 Å². The lowest BCUT2D eigenvalue weighted by atomic mass is 10.1. The predicted molar refractivity (Wildman–Crippen MR) is 38.2 cm³/mol. The molecule has 4 heteroatoms. The van der Waals surface area contributed by atoms with Crippen LogP contribution in [-0.4, -0.2) is 29.2 Å². The number of nitrogens with zero attached hydrogens (tertiary/aromatic N) is 1. The van der Waals surface area contributed by atoms with E-state index in [1.54, 1.807) is 7.05 Å². The van der Waals surface area contributed by atoms with Gasteiger partial charge in [0.25, 0.3) is 0 Å². The van der Waals surface area contributed by atoms with E-state index >= 15 is 0 Å². The zero-order valence-electron chi connectivity index (χ0n) is 6.53. The first-order chi connectivity index (χ1) is 4.46. The summed E-state index contributed by atoms with van der Waals surface area (Å²) >= 11 is 0. The van der Waals surface area contributed by atoms with Crippen LogP contribution in [0, 0.1) is 5.92 Å². The predicted octanol–water partition coefficient (Wildman–Crippen LogP) is -0.0989. The third kappa shape index (κ3) is 2.33. The highest BCUT2D eigenvalue weighted by Gasteiger charge is 2.23. The minimum absolute atomic E-state index is 0.0347. The summed E-state index contributed by atoms with van der Waals surface area (Å²) in [4.78, 5) is 10.5. The van der Waals surface area contributed by atoms with Crippen molar-refractivity contribution in [2.75, 3.05) is 7.05 Å². The summed E-state index contributed by atoms with van der Waals surface area (Å²) in [6.45, 7) is 3.64. The zero-order chi connectivity index (χ0) is 8.31. The topological polar surface area (TPSA) is 66.6 Å². The van der Waals surface area contributed by atoms with Gasteiger partial charge in [-0.3, -0.25) is 10.6 Å². The van der Waals surface area contributed by atoms with E-state index < -0.39 is 12.0 Å². The minimum atomic E-state index is -0.875. The summed E-state index contributed by atoms with van der Waals surface area (Å²) in [7, 11) is 1.55. The van der Waals surface area contributed by atoms with E-state index in [-0.39, 0.29) is 5.92 Å². The van der Waals surface area contributed by atoms with Crippen LogP contribution in [0.5, 0.6) is 0 Å². The molecule has 3 N–H and O–H groups in total. The third-order valence-electron chi connectivity index (χ3n) is 1.32. The molecule has 0 saturated heterocycles. The van der Waals surface area contributed by atoms with Gasteiger partial charge in [0.15, 0.2) is 0 Å². The molecule has 1 atom stereocenters. The van der Waals surface area contributed by atoms with Crippen molar-refractivity contribution in [1.29, 1.82) is 0 Å². The number of aliphatic carboxylic acids is 1. The molecule has 0 saturated carbocycles. The van der Waals surface area contributed by atoms with E-state index in [9.17, 15) is 4.79 Å². The SMILES string of the molecule is CC(C)C(C(=O)O)N(C)N. The van der Waals surface area contributed by atoms with Crippen LogP contribution < -0.4 is 5.84 Å². The Hall–Kier alpha value is -0.610. The number of nitrogens with two attached hydrogens (primary N) is 1. The molecule has 0 aliphatic rings. The van der Waals surface area contributed by atoms with Gasteiger partial charge in [-0.15, -0.1) is 0 Å².